The molecule has 12 nitrogen and oxygen atoms in total. The van der Waals surface area contributed by atoms with Crippen molar-refractivity contribution in [1.82, 2.24) is 4.90 Å². The highest BCUT2D eigenvalue weighted by Gasteiger charge is 2.57. The molecule has 4 saturated heterocycles. The maximum atomic E-state index is 14.1. The van der Waals surface area contributed by atoms with Crippen molar-refractivity contribution >= 4 is 5.97 Å². The summed E-state index contributed by atoms with van der Waals surface area (Å²) >= 11 is 0. The standard InChI is InChI=1S/C38H68FNO11/c1-13-27-38(10,44)32(42)23(5)30-20(2)17-37(9,51-30)33(50-35-29(41)26(16-21(3)47-35)40(11)15-14-39)24(6)31(25(7)34(43)48-27)49-28-19-36(8,45-12)18-22(4)46-28/h20-33,35,41-42,44H,13-19H2,1-12H3/t20-,21+,22-,23-,24-,25+,26-,27+,28-,29+,30+,31-,32+,33+,35-,36-,37-,38+/m0/s1. The number of hydrogen-bond donors (Lipinski definition) is 3. The van der Waals surface area contributed by atoms with Gasteiger partial charge in [-0.3, -0.25) is 9.69 Å². The maximum Gasteiger partial charge on any atom is 0.311 e. The molecule has 4 fully saturated rings. The molecule has 0 aromatic rings. The minimum atomic E-state index is -1.78. The summed E-state index contributed by atoms with van der Waals surface area (Å²) in [5.41, 5.74) is -3.32. The number of aliphatic hydroxyl groups is 3. The lowest BCUT2D eigenvalue weighted by Gasteiger charge is -2.48. The van der Waals surface area contributed by atoms with Gasteiger partial charge < -0.3 is 48.5 Å². The van der Waals surface area contributed by atoms with E-state index in [4.69, 9.17) is 33.2 Å². The number of rotatable bonds is 9. The van der Waals surface area contributed by atoms with Gasteiger partial charge in [-0.15, -0.1) is 0 Å². The van der Waals surface area contributed by atoms with Crippen molar-refractivity contribution < 1.29 is 57.7 Å². The number of cyclic esters (lactones) is 1. The van der Waals surface area contributed by atoms with Crippen molar-refractivity contribution in [2.75, 3.05) is 27.4 Å². The van der Waals surface area contributed by atoms with Gasteiger partial charge in [-0.2, -0.15) is 0 Å². The molecule has 0 aromatic heterocycles. The van der Waals surface area contributed by atoms with E-state index >= 15 is 0 Å². The van der Waals surface area contributed by atoms with Gasteiger partial charge in [-0.05, 0) is 73.8 Å². The molecule has 2 bridgehead atoms. The van der Waals surface area contributed by atoms with E-state index in [-0.39, 0.29) is 31.1 Å². The summed E-state index contributed by atoms with van der Waals surface area (Å²) in [4.78, 5) is 15.9. The molecule has 0 radical (unpaired) electrons. The lowest BCUT2D eigenvalue weighted by Crippen LogP contribution is -2.60. The molecule has 51 heavy (non-hydrogen) atoms. The Hall–Kier alpha value is -1.00. The number of ether oxygens (including phenoxy) is 7. The average Bonchev–Trinajstić information content (AvgIpc) is 3.38. The van der Waals surface area contributed by atoms with Crippen LogP contribution in [0.3, 0.4) is 0 Å². The second-order valence-electron chi connectivity index (χ2n) is 17.0. The van der Waals surface area contributed by atoms with Crippen LogP contribution in [-0.4, -0.2) is 138 Å². The molecule has 3 N–H and O–H groups in total. The molecule has 0 spiro atoms. The van der Waals surface area contributed by atoms with Gasteiger partial charge in [0.05, 0.1) is 53.7 Å². The van der Waals surface area contributed by atoms with Gasteiger partial charge in [-0.25, -0.2) is 4.39 Å². The molecule has 0 aromatic carbocycles. The highest BCUT2D eigenvalue weighted by atomic mass is 19.1. The lowest BCUT2D eigenvalue weighted by atomic mass is 9.76. The van der Waals surface area contributed by atoms with Gasteiger partial charge in [0.2, 0.25) is 0 Å². The summed E-state index contributed by atoms with van der Waals surface area (Å²) in [6.07, 6.45) is -5.54. The summed E-state index contributed by atoms with van der Waals surface area (Å²) in [7, 11) is 3.44. The summed E-state index contributed by atoms with van der Waals surface area (Å²) in [5.74, 6) is -2.69. The molecule has 4 aliphatic rings. The fraction of sp³-hybridized carbons (Fsp3) is 0.974. The van der Waals surface area contributed by atoms with E-state index in [9.17, 15) is 24.5 Å². The Bertz CT molecular complexity index is 1150. The van der Waals surface area contributed by atoms with E-state index < -0.39 is 102 Å². The third-order valence-electron chi connectivity index (χ3n) is 12.5. The van der Waals surface area contributed by atoms with E-state index in [1.807, 2.05) is 48.5 Å². The van der Waals surface area contributed by atoms with E-state index in [1.165, 1.54) is 6.92 Å². The highest BCUT2D eigenvalue weighted by molar-refractivity contribution is 5.73. The molecule has 18 atom stereocenters. The quantitative estimate of drug-likeness (QED) is 0.295. The van der Waals surface area contributed by atoms with Crippen molar-refractivity contribution in [2.45, 2.75) is 186 Å². The minimum Gasteiger partial charge on any atom is -0.459 e. The zero-order valence-electron chi connectivity index (χ0n) is 33.0. The minimum absolute atomic E-state index is 0.0689. The predicted octanol–water partition coefficient (Wildman–Crippen LogP) is 3.99. The Morgan fingerprint density at radius 3 is 2.24 bits per heavy atom. The van der Waals surface area contributed by atoms with E-state index in [1.54, 1.807) is 32.9 Å². The molecule has 0 saturated carbocycles. The average molecular weight is 734 g/mol. The number of esters is 1. The van der Waals surface area contributed by atoms with E-state index in [0.717, 1.165) is 0 Å². The SMILES string of the molecule is CC[C@H]1OC(=O)[C@H](C)[C@@H](O[C@H]2C[C@@](C)(OC)C[C@H](C)O2)[C@H](C)[C@@H](O[C@@H]2O[C@H](C)C[C@H](N(C)CCF)[C@H]2O)[C@]2(C)C[C@H](C)[C@@H](O2)[C@H](C)[C@@H](O)[C@]1(C)O. The number of methoxy groups -OCH3 is 1. The van der Waals surface area contributed by atoms with Crippen molar-refractivity contribution in [3.8, 4) is 0 Å². The second-order valence-corrected chi connectivity index (χ2v) is 17.0. The van der Waals surface area contributed by atoms with Crippen molar-refractivity contribution in [3.05, 3.63) is 0 Å². The lowest BCUT2D eigenvalue weighted by molar-refractivity contribution is -0.312. The van der Waals surface area contributed by atoms with Crippen LogP contribution in [0.25, 0.3) is 0 Å². The monoisotopic (exact) mass is 733 g/mol. The zero-order chi connectivity index (χ0) is 38.2. The van der Waals surface area contributed by atoms with Gasteiger partial charge in [0.15, 0.2) is 12.6 Å². The molecule has 0 amide bonds. The number of hydrogen-bond acceptors (Lipinski definition) is 12. The first-order valence-electron chi connectivity index (χ1n) is 19.1. The molecule has 0 unspecified atom stereocenters. The van der Waals surface area contributed by atoms with Crippen LogP contribution in [0.1, 0.15) is 101 Å². The topological polar surface area (TPSA) is 146 Å². The molecular formula is C38H68FNO11. The van der Waals surface area contributed by atoms with E-state index in [0.29, 0.717) is 25.7 Å². The Morgan fingerprint density at radius 2 is 1.63 bits per heavy atom. The number of fused-ring (bicyclic) bond motifs is 2. The first-order valence-corrected chi connectivity index (χ1v) is 19.1. The van der Waals surface area contributed by atoms with Gasteiger partial charge in [0.25, 0.3) is 0 Å². The number of likely N-dealkylation sites (N-methyl/N-ethyl adjacent to an activating group) is 1. The van der Waals surface area contributed by atoms with Crippen LogP contribution in [0.2, 0.25) is 0 Å². The molecular weight excluding hydrogens is 665 g/mol. The zero-order valence-corrected chi connectivity index (χ0v) is 33.0. The third-order valence-corrected chi connectivity index (χ3v) is 12.5. The maximum absolute atomic E-state index is 14.1. The summed E-state index contributed by atoms with van der Waals surface area (Å²) in [5, 5.41) is 35.1. The summed E-state index contributed by atoms with van der Waals surface area (Å²) in [6, 6.07) is -0.420. The Morgan fingerprint density at radius 1 is 0.961 bits per heavy atom. The molecule has 4 aliphatic heterocycles. The second kappa shape index (κ2) is 16.8. The molecule has 13 heteroatoms. The van der Waals surface area contributed by atoms with Crippen LogP contribution in [0.4, 0.5) is 4.39 Å². The predicted molar refractivity (Wildman–Crippen MR) is 187 cm³/mol. The number of carbonyl (C=O) groups is 1. The van der Waals surface area contributed by atoms with Crippen LogP contribution in [-0.2, 0) is 38.0 Å². The van der Waals surface area contributed by atoms with Crippen LogP contribution in [0, 0.1) is 23.7 Å². The van der Waals surface area contributed by atoms with Crippen LogP contribution >= 0.6 is 0 Å². The molecule has 0 aliphatic carbocycles. The first-order chi connectivity index (χ1) is 23.7. The highest BCUT2D eigenvalue weighted by Crippen LogP contribution is 2.48. The Balaban J connectivity index is 1.82. The Kier molecular flexibility index (Phi) is 14.1. The molecule has 4 heterocycles. The number of nitrogens with zero attached hydrogens (tertiary/aromatic N) is 1. The third kappa shape index (κ3) is 9.11. The van der Waals surface area contributed by atoms with Gasteiger partial charge in [0.1, 0.15) is 24.5 Å². The van der Waals surface area contributed by atoms with Crippen LogP contribution < -0.4 is 0 Å². The summed E-state index contributed by atoms with van der Waals surface area (Å²) < 4.78 is 58.6. The van der Waals surface area contributed by atoms with Crippen LogP contribution in [0.5, 0.6) is 0 Å². The number of halogens is 1. The van der Waals surface area contributed by atoms with Crippen molar-refractivity contribution in [3.63, 3.8) is 0 Å². The van der Waals surface area contributed by atoms with E-state index in [2.05, 4.69) is 0 Å². The largest absolute Gasteiger partial charge is 0.459 e. The molecule has 4 rings (SSSR count). The Labute approximate surface area is 304 Å². The van der Waals surface area contributed by atoms with Crippen LogP contribution in [0.15, 0.2) is 0 Å². The molecule has 298 valence electrons. The number of aliphatic hydroxyl groups excluding tert-OH is 2. The van der Waals surface area contributed by atoms with Gasteiger partial charge >= 0.3 is 5.97 Å². The smallest absolute Gasteiger partial charge is 0.311 e. The van der Waals surface area contributed by atoms with Gasteiger partial charge in [-0.1, -0.05) is 27.7 Å². The normalized spacial score (nSPS) is 50.3. The number of carbonyl (C=O) groups excluding carboxylic acids is 1. The summed E-state index contributed by atoms with van der Waals surface area (Å²) in [6.45, 7) is 18.3. The number of alkyl halides is 1. The van der Waals surface area contributed by atoms with Gasteiger partial charge in [0, 0.05) is 44.4 Å². The first kappa shape index (κ1) is 42.7. The van der Waals surface area contributed by atoms with Crippen molar-refractivity contribution in [1.29, 1.82) is 0 Å². The fourth-order valence-corrected chi connectivity index (χ4v) is 9.48. The fourth-order valence-electron chi connectivity index (χ4n) is 9.48. The van der Waals surface area contributed by atoms with Crippen molar-refractivity contribution in [2.24, 2.45) is 23.7 Å².